The molecular formula is C12H13BrN2O2S. The predicted octanol–water partition coefficient (Wildman–Crippen LogP) is 2.77. The fraction of sp³-hybridized carbons (Fsp3) is 0.500. The van der Waals surface area contributed by atoms with Gasteiger partial charge >= 0.3 is 0 Å². The fourth-order valence-corrected chi connectivity index (χ4v) is 4.58. The van der Waals surface area contributed by atoms with Crippen molar-refractivity contribution in [3.8, 4) is 0 Å². The average molecular weight is 329 g/mol. The molecule has 3 rings (SSSR count). The topological polar surface area (TPSA) is 55.0 Å². The Bertz CT molecular complexity index is 637. The molecule has 0 amide bonds. The van der Waals surface area contributed by atoms with Crippen LogP contribution in [0, 0.1) is 0 Å². The number of thiophene rings is 1. The number of rotatable bonds is 2. The number of aromatic amines is 1. The zero-order valence-electron chi connectivity index (χ0n) is 9.90. The quantitative estimate of drug-likeness (QED) is 0.862. The van der Waals surface area contributed by atoms with Crippen LogP contribution in [0.1, 0.15) is 29.9 Å². The van der Waals surface area contributed by atoms with Gasteiger partial charge in [0.05, 0.1) is 11.7 Å². The molecule has 2 atom stereocenters. The Labute approximate surface area is 117 Å². The molecule has 0 unspecified atom stereocenters. The summed E-state index contributed by atoms with van der Waals surface area (Å²) < 4.78 is 5.81. The number of ether oxygens (including phenoxy) is 1. The number of fused-ring (bicyclic) bond motifs is 3. The van der Waals surface area contributed by atoms with Gasteiger partial charge in [0, 0.05) is 16.3 Å². The zero-order valence-corrected chi connectivity index (χ0v) is 12.3. The number of alkyl halides is 1. The summed E-state index contributed by atoms with van der Waals surface area (Å²) in [6.45, 7) is 2.66. The van der Waals surface area contributed by atoms with Gasteiger partial charge in [-0.05, 0) is 25.3 Å². The monoisotopic (exact) mass is 328 g/mol. The van der Waals surface area contributed by atoms with Gasteiger partial charge in [0.15, 0.2) is 0 Å². The lowest BCUT2D eigenvalue weighted by atomic mass is 9.95. The molecule has 2 aromatic heterocycles. The number of nitrogens with zero attached hydrogens (tertiary/aromatic N) is 1. The Kier molecular flexibility index (Phi) is 3.25. The van der Waals surface area contributed by atoms with E-state index in [1.165, 1.54) is 6.33 Å². The van der Waals surface area contributed by atoms with E-state index >= 15 is 0 Å². The Balaban J connectivity index is 2.22. The predicted molar refractivity (Wildman–Crippen MR) is 75.6 cm³/mol. The van der Waals surface area contributed by atoms with Crippen LogP contribution < -0.4 is 5.56 Å². The summed E-state index contributed by atoms with van der Waals surface area (Å²) in [6, 6.07) is 0. The summed E-state index contributed by atoms with van der Waals surface area (Å²) in [5, 5.41) is 0.751. The van der Waals surface area contributed by atoms with E-state index < -0.39 is 0 Å². The van der Waals surface area contributed by atoms with Crippen LogP contribution >= 0.6 is 27.3 Å². The zero-order chi connectivity index (χ0) is 12.7. The van der Waals surface area contributed by atoms with Crippen LogP contribution in [0.3, 0.4) is 0 Å². The number of hydrogen-bond donors (Lipinski definition) is 1. The highest BCUT2D eigenvalue weighted by Crippen LogP contribution is 2.43. The minimum absolute atomic E-state index is 0.0392. The Morgan fingerprint density at radius 1 is 1.67 bits per heavy atom. The van der Waals surface area contributed by atoms with Crippen molar-refractivity contribution in [2.45, 2.75) is 30.7 Å². The minimum Gasteiger partial charge on any atom is -0.372 e. The SMILES string of the molecule is CCO[C@H]1c2sc3nc[nH]c(=O)c3c2CC[C@@H]1Br. The molecular weight excluding hydrogens is 316 g/mol. The molecule has 0 fully saturated rings. The van der Waals surface area contributed by atoms with Crippen LogP contribution in [-0.2, 0) is 11.2 Å². The van der Waals surface area contributed by atoms with Gasteiger partial charge in [-0.25, -0.2) is 4.98 Å². The van der Waals surface area contributed by atoms with E-state index in [2.05, 4.69) is 25.9 Å². The second-order valence-electron chi connectivity index (χ2n) is 4.29. The van der Waals surface area contributed by atoms with E-state index in [4.69, 9.17) is 4.74 Å². The summed E-state index contributed by atoms with van der Waals surface area (Å²) >= 11 is 5.26. The number of hydrogen-bond acceptors (Lipinski definition) is 4. The van der Waals surface area contributed by atoms with Gasteiger partial charge in [-0.1, -0.05) is 15.9 Å². The molecule has 0 saturated carbocycles. The second kappa shape index (κ2) is 4.75. The van der Waals surface area contributed by atoms with Gasteiger partial charge in [0.25, 0.3) is 5.56 Å². The Morgan fingerprint density at radius 2 is 2.50 bits per heavy atom. The van der Waals surface area contributed by atoms with Crippen molar-refractivity contribution in [3.05, 3.63) is 27.1 Å². The van der Waals surface area contributed by atoms with Gasteiger partial charge in [0.1, 0.15) is 10.9 Å². The van der Waals surface area contributed by atoms with Gasteiger partial charge in [0.2, 0.25) is 0 Å². The summed E-state index contributed by atoms with van der Waals surface area (Å²) in [6.07, 6.45) is 3.40. The third-order valence-electron chi connectivity index (χ3n) is 3.23. The molecule has 0 aromatic carbocycles. The third kappa shape index (κ3) is 1.83. The van der Waals surface area contributed by atoms with Crippen molar-refractivity contribution >= 4 is 37.5 Å². The van der Waals surface area contributed by atoms with E-state index in [0.29, 0.717) is 11.4 Å². The molecule has 2 heterocycles. The van der Waals surface area contributed by atoms with Crippen molar-refractivity contribution < 1.29 is 4.74 Å². The number of H-pyrrole nitrogens is 1. The Hall–Kier alpha value is -0.720. The lowest BCUT2D eigenvalue weighted by molar-refractivity contribution is 0.0589. The van der Waals surface area contributed by atoms with Crippen LogP contribution in [0.15, 0.2) is 11.1 Å². The first-order valence-electron chi connectivity index (χ1n) is 5.97. The second-order valence-corrected chi connectivity index (χ2v) is 6.49. The van der Waals surface area contributed by atoms with Gasteiger partial charge in [-0.2, -0.15) is 0 Å². The highest BCUT2D eigenvalue weighted by Gasteiger charge is 2.32. The highest BCUT2D eigenvalue weighted by atomic mass is 79.9. The first-order valence-corrected chi connectivity index (χ1v) is 7.70. The molecule has 1 aliphatic rings. The number of nitrogens with one attached hydrogen (secondary N) is 1. The van der Waals surface area contributed by atoms with E-state index in [-0.39, 0.29) is 11.7 Å². The van der Waals surface area contributed by atoms with Crippen LogP contribution in [0.25, 0.3) is 10.2 Å². The average Bonchev–Trinajstić information content (AvgIpc) is 2.73. The summed E-state index contributed by atoms with van der Waals surface area (Å²) in [7, 11) is 0. The molecule has 96 valence electrons. The normalized spacial score (nSPS) is 23.2. The van der Waals surface area contributed by atoms with Crippen molar-refractivity contribution in [1.82, 2.24) is 9.97 Å². The first kappa shape index (κ1) is 12.3. The molecule has 0 saturated heterocycles. The molecule has 1 N–H and O–H groups in total. The summed E-state index contributed by atoms with van der Waals surface area (Å²) in [4.78, 5) is 21.1. The van der Waals surface area contributed by atoms with Crippen LogP contribution in [0.4, 0.5) is 0 Å². The van der Waals surface area contributed by atoms with Gasteiger partial charge in [-0.15, -0.1) is 11.3 Å². The van der Waals surface area contributed by atoms with E-state index in [9.17, 15) is 4.79 Å². The smallest absolute Gasteiger partial charge is 0.259 e. The standard InChI is InChI=1S/C12H13BrN2O2S/c1-2-17-9-7(13)4-3-6-8-11(16)14-5-15-12(8)18-10(6)9/h5,7,9H,2-4H2,1H3,(H,14,15,16)/t7-,9+/m0/s1. The Morgan fingerprint density at radius 3 is 3.28 bits per heavy atom. The number of halogens is 1. The molecule has 0 radical (unpaired) electrons. The minimum atomic E-state index is -0.0410. The van der Waals surface area contributed by atoms with Gasteiger partial charge < -0.3 is 9.72 Å². The molecule has 6 heteroatoms. The maximum absolute atomic E-state index is 11.9. The van der Waals surface area contributed by atoms with Crippen molar-refractivity contribution in [2.75, 3.05) is 6.61 Å². The van der Waals surface area contributed by atoms with E-state index in [0.717, 1.165) is 33.5 Å². The first-order chi connectivity index (χ1) is 8.72. The molecule has 18 heavy (non-hydrogen) atoms. The highest BCUT2D eigenvalue weighted by molar-refractivity contribution is 9.09. The molecule has 2 aromatic rings. The lowest BCUT2D eigenvalue weighted by Crippen LogP contribution is -2.22. The number of aryl methyl sites for hydroxylation is 1. The molecule has 0 aliphatic heterocycles. The maximum atomic E-state index is 11.9. The van der Waals surface area contributed by atoms with Crippen molar-refractivity contribution in [1.29, 1.82) is 0 Å². The molecule has 1 aliphatic carbocycles. The maximum Gasteiger partial charge on any atom is 0.259 e. The molecule has 0 spiro atoms. The summed E-state index contributed by atoms with van der Waals surface area (Å²) in [5.41, 5.74) is 1.08. The van der Waals surface area contributed by atoms with E-state index in [1.54, 1.807) is 11.3 Å². The largest absolute Gasteiger partial charge is 0.372 e. The fourth-order valence-electron chi connectivity index (χ4n) is 2.45. The molecule has 4 nitrogen and oxygen atoms in total. The third-order valence-corrected chi connectivity index (χ3v) is 5.37. The van der Waals surface area contributed by atoms with Crippen molar-refractivity contribution in [3.63, 3.8) is 0 Å². The number of aromatic nitrogens is 2. The van der Waals surface area contributed by atoms with Gasteiger partial charge in [-0.3, -0.25) is 4.79 Å². The van der Waals surface area contributed by atoms with E-state index in [1.807, 2.05) is 6.92 Å². The van der Waals surface area contributed by atoms with Crippen molar-refractivity contribution in [2.24, 2.45) is 0 Å². The summed E-state index contributed by atoms with van der Waals surface area (Å²) in [5.74, 6) is 0. The van der Waals surface area contributed by atoms with Crippen LogP contribution in [0.2, 0.25) is 0 Å². The lowest BCUT2D eigenvalue weighted by Gasteiger charge is -2.27. The molecule has 0 bridgehead atoms. The van der Waals surface area contributed by atoms with Crippen LogP contribution in [-0.4, -0.2) is 21.4 Å². The van der Waals surface area contributed by atoms with Crippen LogP contribution in [0.5, 0.6) is 0 Å².